The monoisotopic (exact) mass is 337 g/mol. The summed E-state index contributed by atoms with van der Waals surface area (Å²) in [5.41, 5.74) is 8.26. The molecule has 2 rings (SSSR count). The Morgan fingerprint density at radius 3 is 2.74 bits per heavy atom. The fraction of sp³-hybridized carbons (Fsp3) is 0.286. The number of thioether (sulfide) groups is 1. The zero-order valence-electron chi connectivity index (χ0n) is 10.9. The second-order valence-electron chi connectivity index (χ2n) is 4.43. The van der Waals surface area contributed by atoms with E-state index in [2.05, 4.69) is 38.0 Å². The van der Waals surface area contributed by atoms with Crippen molar-refractivity contribution in [2.24, 2.45) is 5.73 Å². The van der Waals surface area contributed by atoms with Crippen molar-refractivity contribution in [1.29, 1.82) is 0 Å². The molecule has 2 N–H and O–H groups in total. The van der Waals surface area contributed by atoms with Crippen molar-refractivity contribution in [1.82, 2.24) is 9.97 Å². The molecule has 0 saturated heterocycles. The van der Waals surface area contributed by atoms with Gasteiger partial charge >= 0.3 is 0 Å². The van der Waals surface area contributed by atoms with Crippen molar-refractivity contribution in [3.05, 3.63) is 52.3 Å². The fourth-order valence-corrected chi connectivity index (χ4v) is 3.22. The first-order chi connectivity index (χ1) is 9.06. The lowest BCUT2D eigenvalue weighted by Gasteiger charge is -2.20. The van der Waals surface area contributed by atoms with Crippen molar-refractivity contribution in [3.8, 4) is 0 Å². The third-order valence-corrected chi connectivity index (χ3v) is 4.52. The van der Waals surface area contributed by atoms with Crippen LogP contribution in [0.2, 0.25) is 0 Å². The first-order valence-corrected chi connectivity index (χ1v) is 7.71. The van der Waals surface area contributed by atoms with Gasteiger partial charge in [0.05, 0.1) is 5.25 Å². The van der Waals surface area contributed by atoms with E-state index in [9.17, 15) is 0 Å². The van der Waals surface area contributed by atoms with Crippen molar-refractivity contribution in [2.75, 3.05) is 0 Å². The van der Waals surface area contributed by atoms with Crippen LogP contribution in [0.25, 0.3) is 0 Å². The smallest absolute Gasteiger partial charge is 0.188 e. The fourth-order valence-electron chi connectivity index (χ4n) is 1.76. The summed E-state index contributed by atoms with van der Waals surface area (Å²) in [6, 6.07) is 10.1. The Morgan fingerprint density at radius 1 is 1.32 bits per heavy atom. The minimum Gasteiger partial charge on any atom is -0.327 e. The van der Waals surface area contributed by atoms with Gasteiger partial charge in [-0.05, 0) is 37.6 Å². The molecular formula is C14H16BrN3S. The van der Waals surface area contributed by atoms with Crippen LogP contribution in [0.15, 0.2) is 46.2 Å². The number of halogens is 1. The molecule has 0 amide bonds. The lowest BCUT2D eigenvalue weighted by atomic mass is 10.1. The molecule has 1 heterocycles. The molecule has 0 aliphatic rings. The lowest BCUT2D eigenvalue weighted by Crippen LogP contribution is -2.22. The van der Waals surface area contributed by atoms with Gasteiger partial charge in [0, 0.05) is 22.4 Å². The second-order valence-corrected chi connectivity index (χ2v) is 6.46. The molecule has 5 heteroatoms. The van der Waals surface area contributed by atoms with Crippen molar-refractivity contribution in [2.45, 2.75) is 30.3 Å². The number of hydrogen-bond acceptors (Lipinski definition) is 4. The van der Waals surface area contributed by atoms with Crippen LogP contribution in [0, 0.1) is 6.92 Å². The number of hydrogen-bond donors (Lipinski definition) is 1. The molecule has 0 radical (unpaired) electrons. The van der Waals surface area contributed by atoms with E-state index in [0.29, 0.717) is 0 Å². The topological polar surface area (TPSA) is 51.8 Å². The van der Waals surface area contributed by atoms with Gasteiger partial charge in [0.2, 0.25) is 0 Å². The maximum atomic E-state index is 6.11. The van der Waals surface area contributed by atoms with Crippen LogP contribution in [-0.2, 0) is 0 Å². The molecule has 3 nitrogen and oxygen atoms in total. The first-order valence-electron chi connectivity index (χ1n) is 6.03. The van der Waals surface area contributed by atoms with Crippen LogP contribution < -0.4 is 5.73 Å². The van der Waals surface area contributed by atoms with E-state index in [1.807, 2.05) is 32.0 Å². The number of aromatic nitrogens is 2. The molecule has 0 aliphatic carbocycles. The summed E-state index contributed by atoms with van der Waals surface area (Å²) in [5, 5.41) is 0.904. The molecule has 0 fully saturated rings. The minimum atomic E-state index is 0.0170. The molecule has 1 aromatic heterocycles. The van der Waals surface area contributed by atoms with Gasteiger partial charge in [-0.1, -0.05) is 39.8 Å². The molecule has 2 aromatic rings. The van der Waals surface area contributed by atoms with Gasteiger partial charge in [-0.2, -0.15) is 0 Å². The number of nitrogens with two attached hydrogens (primary N) is 1. The van der Waals surface area contributed by atoms with E-state index >= 15 is 0 Å². The van der Waals surface area contributed by atoms with E-state index < -0.39 is 0 Å². The molecule has 0 aliphatic heterocycles. The van der Waals surface area contributed by atoms with Gasteiger partial charge in [0.25, 0.3) is 0 Å². The van der Waals surface area contributed by atoms with Crippen molar-refractivity contribution in [3.63, 3.8) is 0 Å². The quantitative estimate of drug-likeness (QED) is 0.682. The normalized spacial score (nSPS) is 14.1. The molecule has 1 aromatic carbocycles. The average Bonchev–Trinajstić information content (AvgIpc) is 2.35. The number of aryl methyl sites for hydroxylation is 1. The van der Waals surface area contributed by atoms with Gasteiger partial charge in [-0.15, -0.1) is 0 Å². The Hall–Kier alpha value is -0.910. The van der Waals surface area contributed by atoms with Gasteiger partial charge in [-0.25, -0.2) is 9.97 Å². The van der Waals surface area contributed by atoms with E-state index in [0.717, 1.165) is 15.3 Å². The molecule has 0 saturated carbocycles. The number of benzene rings is 1. The van der Waals surface area contributed by atoms with Crippen molar-refractivity contribution < 1.29 is 0 Å². The zero-order chi connectivity index (χ0) is 13.8. The van der Waals surface area contributed by atoms with Crippen LogP contribution in [0.3, 0.4) is 0 Å². The molecule has 2 unspecified atom stereocenters. The molecule has 100 valence electrons. The third-order valence-electron chi connectivity index (χ3n) is 2.66. The van der Waals surface area contributed by atoms with Gasteiger partial charge < -0.3 is 5.73 Å². The van der Waals surface area contributed by atoms with Crippen LogP contribution in [0.5, 0.6) is 0 Å². The Labute approximate surface area is 126 Å². The van der Waals surface area contributed by atoms with E-state index in [-0.39, 0.29) is 11.3 Å². The highest BCUT2D eigenvalue weighted by atomic mass is 79.9. The van der Waals surface area contributed by atoms with Crippen LogP contribution in [0.4, 0.5) is 0 Å². The zero-order valence-corrected chi connectivity index (χ0v) is 13.3. The standard InChI is InChI=1S/C14H16BrN3S/c1-9-6-7-17-14(18-9)19-13(10(2)16)11-4-3-5-12(15)8-11/h3-8,10,13H,16H2,1-2H3. The van der Waals surface area contributed by atoms with Crippen LogP contribution in [0.1, 0.15) is 23.4 Å². The average molecular weight is 338 g/mol. The maximum Gasteiger partial charge on any atom is 0.188 e. The first kappa shape index (κ1) is 14.5. The third kappa shape index (κ3) is 4.03. The van der Waals surface area contributed by atoms with E-state index in [1.165, 1.54) is 5.56 Å². The Morgan fingerprint density at radius 2 is 2.11 bits per heavy atom. The highest BCUT2D eigenvalue weighted by molar-refractivity contribution is 9.10. The molecule has 19 heavy (non-hydrogen) atoms. The van der Waals surface area contributed by atoms with E-state index in [1.54, 1.807) is 18.0 Å². The van der Waals surface area contributed by atoms with Crippen molar-refractivity contribution >= 4 is 27.7 Å². The highest BCUT2D eigenvalue weighted by Crippen LogP contribution is 2.36. The van der Waals surface area contributed by atoms with E-state index in [4.69, 9.17) is 5.73 Å². The summed E-state index contributed by atoms with van der Waals surface area (Å²) in [4.78, 5) is 8.72. The minimum absolute atomic E-state index is 0.0170. The lowest BCUT2D eigenvalue weighted by molar-refractivity contribution is 0.717. The molecule has 2 atom stereocenters. The molecule has 0 bridgehead atoms. The van der Waals surface area contributed by atoms with Gasteiger partial charge in [-0.3, -0.25) is 0 Å². The SMILES string of the molecule is Cc1ccnc(SC(c2cccc(Br)c2)C(C)N)n1. The second kappa shape index (κ2) is 6.50. The summed E-state index contributed by atoms with van der Waals surface area (Å²) in [5.74, 6) is 0. The molecule has 0 spiro atoms. The van der Waals surface area contributed by atoms with Gasteiger partial charge in [0.15, 0.2) is 5.16 Å². The summed E-state index contributed by atoms with van der Waals surface area (Å²) >= 11 is 5.10. The van der Waals surface area contributed by atoms with Crippen LogP contribution >= 0.6 is 27.7 Å². The Bertz CT molecular complexity index is 560. The predicted octanol–water partition coefficient (Wildman–Crippen LogP) is 3.73. The van der Waals surface area contributed by atoms with Crippen LogP contribution in [-0.4, -0.2) is 16.0 Å². The maximum absolute atomic E-state index is 6.11. The Balaban J connectivity index is 2.26. The summed E-state index contributed by atoms with van der Waals surface area (Å²) in [6.45, 7) is 3.97. The summed E-state index contributed by atoms with van der Waals surface area (Å²) in [7, 11) is 0. The largest absolute Gasteiger partial charge is 0.327 e. The summed E-state index contributed by atoms with van der Waals surface area (Å²) < 4.78 is 1.06. The predicted molar refractivity (Wildman–Crippen MR) is 83.2 cm³/mol. The highest BCUT2D eigenvalue weighted by Gasteiger charge is 2.19. The van der Waals surface area contributed by atoms with Gasteiger partial charge in [0.1, 0.15) is 0 Å². The number of nitrogens with zero attached hydrogens (tertiary/aromatic N) is 2. The Kier molecular flexibility index (Phi) is 4.96. The summed E-state index contributed by atoms with van der Waals surface area (Å²) in [6.07, 6.45) is 1.78. The molecular weight excluding hydrogens is 322 g/mol. The number of rotatable bonds is 4.